The molecule has 0 bridgehead atoms. The Kier molecular flexibility index (Phi) is 3.98. The third-order valence-electron chi connectivity index (χ3n) is 4.06. The lowest BCUT2D eigenvalue weighted by atomic mass is 9.92. The van der Waals surface area contributed by atoms with Gasteiger partial charge in [-0.25, -0.2) is 9.18 Å². The largest absolute Gasteiger partial charge is 0.491 e. The zero-order valence-corrected chi connectivity index (χ0v) is 13.1. The monoisotopic (exact) mass is 339 g/mol. The van der Waals surface area contributed by atoms with Crippen molar-refractivity contribution in [3.05, 3.63) is 23.3 Å². The summed E-state index contributed by atoms with van der Waals surface area (Å²) in [6.07, 6.45) is 1.30. The zero-order chi connectivity index (χ0) is 17.6. The number of halogens is 2. The fraction of sp³-hybridized carbons (Fsp3) is 0.438. The SMILES string of the molecule is CCOC(=O)C1C(=O)C(=O)c2cc(F)c(F)c(OC)c2N1C1CC1. The van der Waals surface area contributed by atoms with Crippen LogP contribution in [0, 0.1) is 11.6 Å². The van der Waals surface area contributed by atoms with Crippen molar-refractivity contribution in [2.24, 2.45) is 0 Å². The van der Waals surface area contributed by atoms with Crippen molar-refractivity contribution in [3.63, 3.8) is 0 Å². The third-order valence-corrected chi connectivity index (χ3v) is 4.06. The minimum absolute atomic E-state index is 0.0249. The van der Waals surface area contributed by atoms with Gasteiger partial charge in [0.15, 0.2) is 17.6 Å². The molecule has 1 atom stereocenters. The first kappa shape index (κ1) is 16.4. The number of ketones is 2. The summed E-state index contributed by atoms with van der Waals surface area (Å²) >= 11 is 0. The Balaban J connectivity index is 2.24. The molecule has 24 heavy (non-hydrogen) atoms. The van der Waals surface area contributed by atoms with Gasteiger partial charge in [-0.3, -0.25) is 9.59 Å². The molecule has 6 nitrogen and oxygen atoms in total. The number of carbonyl (C=O) groups is 3. The number of carbonyl (C=O) groups excluding carboxylic acids is 3. The number of ether oxygens (including phenoxy) is 2. The van der Waals surface area contributed by atoms with Gasteiger partial charge in [0.05, 0.1) is 25.0 Å². The van der Waals surface area contributed by atoms with Crippen molar-refractivity contribution in [2.75, 3.05) is 18.6 Å². The molecule has 1 unspecified atom stereocenters. The summed E-state index contributed by atoms with van der Waals surface area (Å²) in [7, 11) is 1.13. The van der Waals surface area contributed by atoms with Crippen molar-refractivity contribution in [3.8, 4) is 5.75 Å². The highest BCUT2D eigenvalue weighted by molar-refractivity contribution is 6.51. The molecule has 3 rings (SSSR count). The van der Waals surface area contributed by atoms with Gasteiger partial charge < -0.3 is 14.4 Å². The first-order valence-electron chi connectivity index (χ1n) is 7.51. The number of anilines is 1. The van der Waals surface area contributed by atoms with Crippen LogP contribution in [0.5, 0.6) is 5.75 Å². The molecule has 1 fully saturated rings. The van der Waals surface area contributed by atoms with Gasteiger partial charge >= 0.3 is 5.97 Å². The van der Waals surface area contributed by atoms with E-state index in [4.69, 9.17) is 9.47 Å². The predicted molar refractivity (Wildman–Crippen MR) is 78.2 cm³/mol. The minimum atomic E-state index is -1.50. The van der Waals surface area contributed by atoms with Gasteiger partial charge in [0, 0.05) is 6.04 Å². The zero-order valence-electron chi connectivity index (χ0n) is 13.1. The second-order valence-corrected chi connectivity index (χ2v) is 5.59. The van der Waals surface area contributed by atoms with Gasteiger partial charge in [-0.05, 0) is 25.8 Å². The standard InChI is InChI=1S/C16H15F2NO5/c1-3-24-16(22)12-14(21)13(20)8-6-9(17)10(18)15(23-2)11(8)19(12)7-4-5-7/h6-7,12H,3-5H2,1-2H3. The number of rotatable bonds is 4. The highest BCUT2D eigenvalue weighted by Gasteiger charge is 2.51. The average molecular weight is 339 g/mol. The van der Waals surface area contributed by atoms with Crippen LogP contribution in [-0.4, -0.2) is 43.3 Å². The second kappa shape index (κ2) is 5.85. The highest BCUT2D eigenvalue weighted by Crippen LogP contribution is 2.45. The molecule has 1 heterocycles. The number of benzene rings is 1. The van der Waals surface area contributed by atoms with E-state index in [9.17, 15) is 23.2 Å². The van der Waals surface area contributed by atoms with E-state index >= 15 is 0 Å². The molecule has 0 saturated heterocycles. The quantitative estimate of drug-likeness (QED) is 0.472. The number of esters is 1. The van der Waals surface area contributed by atoms with E-state index in [0.29, 0.717) is 18.9 Å². The summed E-state index contributed by atoms with van der Waals surface area (Å²) in [4.78, 5) is 38.3. The summed E-state index contributed by atoms with van der Waals surface area (Å²) in [5.41, 5.74) is -0.371. The molecule has 1 aliphatic carbocycles. The molecule has 128 valence electrons. The Morgan fingerprint density at radius 3 is 2.54 bits per heavy atom. The summed E-state index contributed by atoms with van der Waals surface area (Å²) < 4.78 is 37.7. The molecule has 0 amide bonds. The van der Waals surface area contributed by atoms with Crippen molar-refractivity contribution < 1.29 is 32.6 Å². The lowest BCUT2D eigenvalue weighted by Gasteiger charge is -2.36. The Bertz CT molecular complexity index is 744. The number of methoxy groups -OCH3 is 1. The molecule has 0 aromatic heterocycles. The van der Waals surface area contributed by atoms with Crippen LogP contribution in [0.4, 0.5) is 14.5 Å². The van der Waals surface area contributed by atoms with Gasteiger partial charge in [0.25, 0.3) is 0 Å². The minimum Gasteiger partial charge on any atom is -0.491 e. The molecular formula is C16H15F2NO5. The maximum Gasteiger partial charge on any atom is 0.337 e. The molecule has 0 N–H and O–H groups in total. The van der Waals surface area contributed by atoms with Crippen LogP contribution in [0.25, 0.3) is 0 Å². The van der Waals surface area contributed by atoms with E-state index < -0.39 is 41.0 Å². The van der Waals surface area contributed by atoms with Crippen molar-refractivity contribution in [1.29, 1.82) is 0 Å². The normalized spacial score (nSPS) is 20.0. The van der Waals surface area contributed by atoms with Crippen molar-refractivity contribution in [1.82, 2.24) is 0 Å². The van der Waals surface area contributed by atoms with Crippen LogP contribution in [0.2, 0.25) is 0 Å². The van der Waals surface area contributed by atoms with Crippen molar-refractivity contribution in [2.45, 2.75) is 31.8 Å². The smallest absolute Gasteiger partial charge is 0.337 e. The van der Waals surface area contributed by atoms with E-state index in [-0.39, 0.29) is 23.9 Å². The molecular weight excluding hydrogens is 324 g/mol. The van der Waals surface area contributed by atoms with Gasteiger partial charge in [-0.15, -0.1) is 0 Å². The van der Waals surface area contributed by atoms with Gasteiger partial charge in [0.1, 0.15) is 0 Å². The van der Waals surface area contributed by atoms with Gasteiger partial charge in [-0.1, -0.05) is 0 Å². The first-order chi connectivity index (χ1) is 11.4. The lowest BCUT2D eigenvalue weighted by molar-refractivity contribution is -0.147. The fourth-order valence-electron chi connectivity index (χ4n) is 2.91. The molecule has 2 aliphatic rings. The molecule has 1 aromatic carbocycles. The second-order valence-electron chi connectivity index (χ2n) is 5.59. The topological polar surface area (TPSA) is 72.9 Å². The summed E-state index contributed by atoms with van der Waals surface area (Å²) in [6, 6.07) is -1.07. The third kappa shape index (κ3) is 2.33. The number of hydrogen-bond acceptors (Lipinski definition) is 6. The molecule has 1 aliphatic heterocycles. The molecule has 0 spiro atoms. The Labute approximate surface area is 136 Å². The first-order valence-corrected chi connectivity index (χ1v) is 7.51. The number of Topliss-reactive ketones (excluding diaryl/α,β-unsaturated/α-hetero) is 2. The maximum absolute atomic E-state index is 14.1. The van der Waals surface area contributed by atoms with E-state index in [1.54, 1.807) is 6.92 Å². The summed E-state index contributed by atoms with van der Waals surface area (Å²) in [6.45, 7) is 1.59. The lowest BCUT2D eigenvalue weighted by Crippen LogP contribution is -2.55. The van der Waals surface area contributed by atoms with Gasteiger partial charge in [0.2, 0.25) is 17.4 Å². The highest BCUT2D eigenvalue weighted by atomic mass is 19.2. The van der Waals surface area contributed by atoms with Crippen LogP contribution in [0.15, 0.2) is 6.07 Å². The van der Waals surface area contributed by atoms with Crippen LogP contribution in [0.3, 0.4) is 0 Å². The van der Waals surface area contributed by atoms with E-state index in [1.807, 2.05) is 0 Å². The summed E-state index contributed by atoms with van der Waals surface area (Å²) in [5, 5.41) is 0. The van der Waals surface area contributed by atoms with Crippen LogP contribution in [0.1, 0.15) is 30.1 Å². The molecule has 8 heteroatoms. The Morgan fingerprint density at radius 1 is 1.33 bits per heavy atom. The summed E-state index contributed by atoms with van der Waals surface area (Å²) in [5.74, 6) is -6.02. The van der Waals surface area contributed by atoms with Crippen LogP contribution in [-0.2, 0) is 14.3 Å². The van der Waals surface area contributed by atoms with Crippen LogP contribution < -0.4 is 9.64 Å². The average Bonchev–Trinajstić information content (AvgIpc) is 3.37. The number of nitrogens with zero attached hydrogens (tertiary/aromatic N) is 1. The molecule has 1 saturated carbocycles. The molecule has 1 aromatic rings. The fourth-order valence-corrected chi connectivity index (χ4v) is 2.91. The number of fused-ring (bicyclic) bond motifs is 1. The maximum atomic E-state index is 14.1. The Morgan fingerprint density at radius 2 is 2.00 bits per heavy atom. The molecule has 0 radical (unpaired) electrons. The predicted octanol–water partition coefficient (Wildman–Crippen LogP) is 1.64. The van der Waals surface area contributed by atoms with Crippen LogP contribution >= 0.6 is 0 Å². The van der Waals surface area contributed by atoms with Crippen molar-refractivity contribution >= 4 is 23.2 Å². The van der Waals surface area contributed by atoms with E-state index in [0.717, 1.165) is 7.11 Å². The number of hydrogen-bond donors (Lipinski definition) is 0. The Hall–Kier alpha value is -2.51. The van der Waals surface area contributed by atoms with E-state index in [1.165, 1.54) is 4.90 Å². The van der Waals surface area contributed by atoms with E-state index in [2.05, 4.69) is 0 Å². The van der Waals surface area contributed by atoms with Gasteiger partial charge in [-0.2, -0.15) is 4.39 Å².